The predicted octanol–water partition coefficient (Wildman–Crippen LogP) is 3.66. The van der Waals surface area contributed by atoms with Crippen molar-refractivity contribution in [2.45, 2.75) is 31.7 Å². The summed E-state index contributed by atoms with van der Waals surface area (Å²) in [5.41, 5.74) is 0.956. The first-order valence-corrected chi connectivity index (χ1v) is 7.34. The molecule has 3 heteroatoms. The zero-order valence-corrected chi connectivity index (χ0v) is 11.6. The molecule has 100 valence electrons. The number of hydrogen-bond donors (Lipinski definition) is 1. The van der Waals surface area contributed by atoms with Crippen molar-refractivity contribution in [2.75, 3.05) is 0 Å². The van der Waals surface area contributed by atoms with Gasteiger partial charge in [0.25, 0.3) is 0 Å². The molecule has 2 nitrogen and oxygen atoms in total. The van der Waals surface area contributed by atoms with Gasteiger partial charge in [-0.2, -0.15) is 0 Å². The van der Waals surface area contributed by atoms with E-state index in [2.05, 4.69) is 5.32 Å². The largest absolute Gasteiger partial charge is 0.349 e. The van der Waals surface area contributed by atoms with E-state index >= 15 is 0 Å². The maximum absolute atomic E-state index is 11.9. The second kappa shape index (κ2) is 5.38. The van der Waals surface area contributed by atoms with E-state index in [0.717, 1.165) is 17.4 Å². The number of benzene rings is 1. The van der Waals surface area contributed by atoms with Gasteiger partial charge in [-0.1, -0.05) is 23.7 Å². The molecule has 3 rings (SSSR count). The summed E-state index contributed by atoms with van der Waals surface area (Å²) >= 11 is 5.91. The van der Waals surface area contributed by atoms with Gasteiger partial charge in [0.15, 0.2) is 0 Å². The first-order chi connectivity index (χ1) is 9.22. The molecule has 0 aromatic heterocycles. The van der Waals surface area contributed by atoms with Gasteiger partial charge in [-0.3, -0.25) is 4.79 Å². The van der Waals surface area contributed by atoms with Crippen LogP contribution in [0.1, 0.15) is 31.2 Å². The van der Waals surface area contributed by atoms with Crippen LogP contribution in [0.2, 0.25) is 5.02 Å². The van der Waals surface area contributed by atoms with Gasteiger partial charge < -0.3 is 5.32 Å². The van der Waals surface area contributed by atoms with E-state index in [4.69, 9.17) is 11.6 Å². The van der Waals surface area contributed by atoms with Gasteiger partial charge >= 0.3 is 0 Å². The number of hydrogen-bond acceptors (Lipinski definition) is 1. The summed E-state index contributed by atoms with van der Waals surface area (Å²) in [7, 11) is 0. The molecule has 1 amide bonds. The fraction of sp³-hybridized carbons (Fsp3) is 0.438. The van der Waals surface area contributed by atoms with Crippen molar-refractivity contribution in [3.8, 4) is 0 Å². The van der Waals surface area contributed by atoms with Crippen molar-refractivity contribution in [2.24, 2.45) is 11.8 Å². The monoisotopic (exact) mass is 275 g/mol. The highest BCUT2D eigenvalue weighted by molar-refractivity contribution is 6.30. The second-order valence-electron chi connectivity index (χ2n) is 5.60. The lowest BCUT2D eigenvalue weighted by molar-refractivity contribution is -0.117. The lowest BCUT2D eigenvalue weighted by Crippen LogP contribution is -2.37. The van der Waals surface area contributed by atoms with Gasteiger partial charge in [-0.25, -0.2) is 0 Å². The van der Waals surface area contributed by atoms with Crippen molar-refractivity contribution < 1.29 is 4.79 Å². The summed E-state index contributed by atoms with van der Waals surface area (Å²) < 4.78 is 0. The van der Waals surface area contributed by atoms with Crippen LogP contribution in [0.15, 0.2) is 30.3 Å². The Morgan fingerprint density at radius 1 is 1.26 bits per heavy atom. The van der Waals surface area contributed by atoms with Crippen LogP contribution in [0.25, 0.3) is 6.08 Å². The van der Waals surface area contributed by atoms with Crippen LogP contribution in [0, 0.1) is 11.8 Å². The van der Waals surface area contributed by atoms with Crippen LogP contribution in [0.5, 0.6) is 0 Å². The minimum Gasteiger partial charge on any atom is -0.349 e. The second-order valence-corrected chi connectivity index (χ2v) is 6.03. The standard InChI is InChI=1S/C16H18ClNO/c17-14-3-1-2-11(10-14)4-9-15(19)18-16(12-5-6-12)13-7-8-13/h1-4,9-10,12-13,16H,5-8H2,(H,18,19). The molecule has 0 radical (unpaired) electrons. The Bertz CT molecular complexity index is 491. The third kappa shape index (κ3) is 3.60. The third-order valence-electron chi connectivity index (χ3n) is 3.84. The van der Waals surface area contributed by atoms with E-state index in [1.54, 1.807) is 6.08 Å². The van der Waals surface area contributed by atoms with Crippen LogP contribution >= 0.6 is 11.6 Å². The highest BCUT2D eigenvalue weighted by Gasteiger charge is 2.41. The van der Waals surface area contributed by atoms with Crippen LogP contribution in [0.4, 0.5) is 0 Å². The molecule has 1 aromatic carbocycles. The van der Waals surface area contributed by atoms with E-state index < -0.39 is 0 Å². The maximum atomic E-state index is 11.9. The van der Waals surface area contributed by atoms with Crippen molar-refractivity contribution in [1.82, 2.24) is 5.32 Å². The fourth-order valence-electron chi connectivity index (χ4n) is 2.53. The molecule has 2 fully saturated rings. The molecule has 0 bridgehead atoms. The Labute approximate surface area is 118 Å². The summed E-state index contributed by atoms with van der Waals surface area (Å²) in [4.78, 5) is 11.9. The Kier molecular flexibility index (Phi) is 3.61. The van der Waals surface area contributed by atoms with Gasteiger partial charge in [0.05, 0.1) is 0 Å². The van der Waals surface area contributed by atoms with Gasteiger partial charge in [0.2, 0.25) is 5.91 Å². The summed E-state index contributed by atoms with van der Waals surface area (Å²) in [5, 5.41) is 3.86. The van der Waals surface area contributed by atoms with E-state index in [9.17, 15) is 4.79 Å². The first kappa shape index (κ1) is 12.7. The zero-order chi connectivity index (χ0) is 13.2. The summed E-state index contributed by atoms with van der Waals surface area (Å²) in [6, 6.07) is 7.92. The van der Waals surface area contributed by atoms with Gasteiger partial charge in [-0.15, -0.1) is 0 Å². The Morgan fingerprint density at radius 3 is 2.53 bits per heavy atom. The molecular weight excluding hydrogens is 258 g/mol. The fourth-order valence-corrected chi connectivity index (χ4v) is 2.72. The molecular formula is C16H18ClNO. The van der Waals surface area contributed by atoms with E-state index in [-0.39, 0.29) is 5.91 Å². The van der Waals surface area contributed by atoms with Crippen molar-refractivity contribution in [3.63, 3.8) is 0 Å². The van der Waals surface area contributed by atoms with Gasteiger partial charge in [-0.05, 0) is 61.3 Å². The molecule has 0 unspecified atom stereocenters. The first-order valence-electron chi connectivity index (χ1n) is 6.96. The average molecular weight is 276 g/mol. The Hall–Kier alpha value is -1.28. The predicted molar refractivity (Wildman–Crippen MR) is 77.9 cm³/mol. The number of amides is 1. The van der Waals surface area contributed by atoms with Crippen molar-refractivity contribution in [1.29, 1.82) is 0 Å². The van der Waals surface area contributed by atoms with Gasteiger partial charge in [0, 0.05) is 17.1 Å². The zero-order valence-electron chi connectivity index (χ0n) is 10.8. The highest BCUT2D eigenvalue weighted by Crippen LogP contribution is 2.44. The van der Waals surface area contributed by atoms with Crippen LogP contribution in [-0.4, -0.2) is 11.9 Å². The topological polar surface area (TPSA) is 29.1 Å². The van der Waals surface area contributed by atoms with Gasteiger partial charge in [0.1, 0.15) is 0 Å². The molecule has 1 N–H and O–H groups in total. The van der Waals surface area contributed by atoms with Crippen LogP contribution < -0.4 is 5.32 Å². The normalized spacial score (nSPS) is 19.1. The molecule has 0 heterocycles. The minimum absolute atomic E-state index is 0.0174. The molecule has 2 aliphatic carbocycles. The highest BCUT2D eigenvalue weighted by atomic mass is 35.5. The minimum atomic E-state index is 0.0174. The average Bonchev–Trinajstić information content (AvgIpc) is 3.27. The van der Waals surface area contributed by atoms with Crippen molar-refractivity contribution in [3.05, 3.63) is 40.9 Å². The molecule has 0 saturated heterocycles. The lowest BCUT2D eigenvalue weighted by atomic mass is 10.1. The molecule has 2 saturated carbocycles. The molecule has 0 aliphatic heterocycles. The Morgan fingerprint density at radius 2 is 1.95 bits per heavy atom. The van der Waals surface area contributed by atoms with Crippen molar-refractivity contribution >= 4 is 23.6 Å². The quantitative estimate of drug-likeness (QED) is 0.817. The molecule has 19 heavy (non-hydrogen) atoms. The summed E-state index contributed by atoms with van der Waals surface area (Å²) in [6.45, 7) is 0. The summed E-state index contributed by atoms with van der Waals surface area (Å²) in [6.07, 6.45) is 8.54. The van der Waals surface area contributed by atoms with Crippen LogP contribution in [0.3, 0.4) is 0 Å². The SMILES string of the molecule is O=C(C=Cc1cccc(Cl)c1)NC(C1CC1)C1CC1. The number of carbonyl (C=O) groups excluding carboxylic acids is 1. The molecule has 0 atom stereocenters. The smallest absolute Gasteiger partial charge is 0.244 e. The number of nitrogens with one attached hydrogen (secondary N) is 1. The third-order valence-corrected chi connectivity index (χ3v) is 4.08. The maximum Gasteiger partial charge on any atom is 0.244 e. The van der Waals surface area contributed by atoms with Crippen LogP contribution in [-0.2, 0) is 4.79 Å². The van der Waals surface area contributed by atoms with E-state index in [1.807, 2.05) is 30.3 Å². The summed E-state index contributed by atoms with van der Waals surface area (Å²) in [5.74, 6) is 1.48. The number of halogens is 1. The van der Waals surface area contributed by atoms with E-state index in [1.165, 1.54) is 25.7 Å². The van der Waals surface area contributed by atoms with E-state index in [0.29, 0.717) is 11.1 Å². The lowest BCUT2D eigenvalue weighted by Gasteiger charge is -2.16. The Balaban J connectivity index is 1.58. The molecule has 1 aromatic rings. The molecule has 2 aliphatic rings. The number of carbonyl (C=O) groups is 1. The molecule has 0 spiro atoms. The number of rotatable bonds is 5.